The number of aromatic nitrogens is 2. The van der Waals surface area contributed by atoms with Gasteiger partial charge in [0.1, 0.15) is 11.3 Å². The highest BCUT2D eigenvalue weighted by Crippen LogP contribution is 2.20. The summed E-state index contributed by atoms with van der Waals surface area (Å²) in [6.07, 6.45) is 3.09. The Morgan fingerprint density at radius 1 is 1.29 bits per heavy atom. The van der Waals surface area contributed by atoms with E-state index in [-0.39, 0.29) is 17.2 Å². The molecule has 1 aliphatic rings. The first-order chi connectivity index (χ1) is 11.6. The summed E-state index contributed by atoms with van der Waals surface area (Å²) in [5, 5.41) is 8.45. The number of benzene rings is 1. The van der Waals surface area contributed by atoms with Gasteiger partial charge >= 0.3 is 0 Å². The first kappa shape index (κ1) is 16.2. The van der Waals surface area contributed by atoms with E-state index in [0.29, 0.717) is 0 Å². The highest BCUT2D eigenvalue weighted by atomic mass is 32.1. The van der Waals surface area contributed by atoms with Crippen molar-refractivity contribution in [3.05, 3.63) is 53.4 Å². The zero-order valence-electron chi connectivity index (χ0n) is 12.4. The molecule has 0 spiro atoms. The minimum Gasteiger partial charge on any atom is -0.298 e. The molecule has 0 radical (unpaired) electrons. The minimum atomic E-state index is -0.502. The largest absolute Gasteiger partial charge is 0.298 e. The number of amides is 2. The van der Waals surface area contributed by atoms with Crippen LogP contribution in [0.4, 0.5) is 0 Å². The number of hydrogen-bond acceptors (Lipinski definition) is 6. The summed E-state index contributed by atoms with van der Waals surface area (Å²) in [6.45, 7) is 3.83. The molecule has 1 aromatic carbocycles. The van der Waals surface area contributed by atoms with Gasteiger partial charge in [0.25, 0.3) is 11.8 Å². The number of carbonyl (C=O) groups is 2. The predicted molar refractivity (Wildman–Crippen MR) is 96.0 cm³/mol. The minimum absolute atomic E-state index is 0.0357. The summed E-state index contributed by atoms with van der Waals surface area (Å²) in [7, 11) is 0. The maximum Gasteiger partial charge on any atom is 0.265 e. The maximum absolute atomic E-state index is 12.4. The van der Waals surface area contributed by atoms with E-state index in [1.165, 1.54) is 16.4 Å². The van der Waals surface area contributed by atoms with Crippen molar-refractivity contribution in [3.8, 4) is 11.3 Å². The van der Waals surface area contributed by atoms with Crippen LogP contribution in [0.5, 0.6) is 0 Å². The third-order valence-corrected chi connectivity index (χ3v) is 4.20. The molecule has 0 unspecified atom stereocenters. The number of carbonyl (C=O) groups excluding carboxylic acids is 2. The Labute approximate surface area is 147 Å². The van der Waals surface area contributed by atoms with Gasteiger partial charge in [-0.25, -0.2) is 0 Å². The molecule has 24 heavy (non-hydrogen) atoms. The van der Waals surface area contributed by atoms with E-state index in [2.05, 4.69) is 21.5 Å². The van der Waals surface area contributed by atoms with E-state index in [0.717, 1.165) is 16.8 Å². The fourth-order valence-electron chi connectivity index (χ4n) is 2.20. The van der Waals surface area contributed by atoms with Crippen molar-refractivity contribution in [2.24, 2.45) is 0 Å². The Morgan fingerprint density at radius 2 is 2.04 bits per heavy atom. The molecule has 0 aliphatic carbocycles. The van der Waals surface area contributed by atoms with E-state index in [9.17, 15) is 9.59 Å². The standard InChI is InChI=1S/C16H12N4O2S2/c1-2-7-20-15(22)12(14(21)17-16(20)23)8-10-3-5-11(6-4-10)13-9-24-19-18-13/h2-6,8-9H,1,7H2,(H,17,21,23)/b12-8+. The SMILES string of the molecule is C=CCN1C(=O)/C(=C/c2ccc(-c3csnn3)cc2)C(=O)NC1=S. The molecule has 1 fully saturated rings. The predicted octanol–water partition coefficient (Wildman–Crippen LogP) is 2.02. The topological polar surface area (TPSA) is 75.2 Å². The normalized spacial score (nSPS) is 16.4. The van der Waals surface area contributed by atoms with Crippen LogP contribution in [-0.4, -0.2) is 38.0 Å². The lowest BCUT2D eigenvalue weighted by atomic mass is 10.1. The van der Waals surface area contributed by atoms with Crippen LogP contribution in [0.25, 0.3) is 17.3 Å². The van der Waals surface area contributed by atoms with Gasteiger partial charge in [0, 0.05) is 17.5 Å². The molecular formula is C16H12N4O2S2. The molecule has 2 amide bonds. The average Bonchev–Trinajstić information content (AvgIpc) is 3.10. The monoisotopic (exact) mass is 356 g/mol. The van der Waals surface area contributed by atoms with Crippen LogP contribution in [0.2, 0.25) is 0 Å². The van der Waals surface area contributed by atoms with Gasteiger partial charge in [-0.15, -0.1) is 11.7 Å². The molecule has 8 heteroatoms. The van der Waals surface area contributed by atoms with Crippen LogP contribution >= 0.6 is 23.8 Å². The number of nitrogens with one attached hydrogen (secondary N) is 1. The van der Waals surface area contributed by atoms with E-state index in [1.54, 1.807) is 12.2 Å². The van der Waals surface area contributed by atoms with Crippen molar-refractivity contribution < 1.29 is 9.59 Å². The molecular weight excluding hydrogens is 344 g/mol. The fraction of sp³-hybridized carbons (Fsp3) is 0.0625. The third kappa shape index (κ3) is 3.15. The van der Waals surface area contributed by atoms with Crippen molar-refractivity contribution in [2.75, 3.05) is 6.54 Å². The quantitative estimate of drug-likeness (QED) is 0.393. The summed E-state index contributed by atoms with van der Waals surface area (Å²) < 4.78 is 3.82. The van der Waals surface area contributed by atoms with Gasteiger partial charge < -0.3 is 0 Å². The Balaban J connectivity index is 1.89. The van der Waals surface area contributed by atoms with Crippen LogP contribution < -0.4 is 5.32 Å². The number of nitrogens with zero attached hydrogens (tertiary/aromatic N) is 3. The molecule has 1 saturated heterocycles. The molecule has 6 nitrogen and oxygen atoms in total. The second-order valence-electron chi connectivity index (χ2n) is 4.93. The first-order valence-electron chi connectivity index (χ1n) is 6.97. The van der Waals surface area contributed by atoms with E-state index in [4.69, 9.17) is 12.2 Å². The molecule has 3 rings (SSSR count). The average molecular weight is 356 g/mol. The summed E-state index contributed by atoms with van der Waals surface area (Å²) in [5.74, 6) is -0.936. The smallest absolute Gasteiger partial charge is 0.265 e. The lowest BCUT2D eigenvalue weighted by Crippen LogP contribution is -2.53. The number of rotatable bonds is 4. The van der Waals surface area contributed by atoms with E-state index >= 15 is 0 Å². The molecule has 0 atom stereocenters. The van der Waals surface area contributed by atoms with Gasteiger partial charge in [0.2, 0.25) is 0 Å². The maximum atomic E-state index is 12.4. The summed E-state index contributed by atoms with van der Waals surface area (Å²) in [4.78, 5) is 25.8. The molecule has 1 N–H and O–H groups in total. The highest BCUT2D eigenvalue weighted by Gasteiger charge is 2.32. The lowest BCUT2D eigenvalue weighted by Gasteiger charge is -2.27. The summed E-state index contributed by atoms with van der Waals surface area (Å²) in [6, 6.07) is 7.35. The highest BCUT2D eigenvalue weighted by molar-refractivity contribution is 7.80. The van der Waals surface area contributed by atoms with Crippen molar-refractivity contribution >= 4 is 46.8 Å². The van der Waals surface area contributed by atoms with Crippen molar-refractivity contribution in [1.82, 2.24) is 19.8 Å². The number of thiocarbonyl (C=S) groups is 1. The third-order valence-electron chi connectivity index (χ3n) is 3.37. The van der Waals surface area contributed by atoms with Gasteiger partial charge in [-0.3, -0.25) is 19.8 Å². The van der Waals surface area contributed by atoms with Gasteiger partial charge in [0.15, 0.2) is 5.11 Å². The first-order valence-corrected chi connectivity index (χ1v) is 8.22. The Hall–Kier alpha value is -2.71. The van der Waals surface area contributed by atoms with Crippen molar-refractivity contribution in [2.45, 2.75) is 0 Å². The molecule has 2 heterocycles. The second kappa shape index (κ2) is 6.81. The molecule has 1 aliphatic heterocycles. The molecule has 1 aromatic heterocycles. The van der Waals surface area contributed by atoms with Crippen molar-refractivity contribution in [1.29, 1.82) is 0 Å². The van der Waals surface area contributed by atoms with Crippen LogP contribution in [0.3, 0.4) is 0 Å². The summed E-state index contributed by atoms with van der Waals surface area (Å²) in [5.41, 5.74) is 2.47. The van der Waals surface area contributed by atoms with Gasteiger partial charge in [0.05, 0.1) is 0 Å². The zero-order chi connectivity index (χ0) is 17.1. The summed E-state index contributed by atoms with van der Waals surface area (Å²) >= 11 is 6.29. The van der Waals surface area contributed by atoms with Crippen LogP contribution in [0.15, 0.2) is 47.9 Å². The van der Waals surface area contributed by atoms with Crippen molar-refractivity contribution in [3.63, 3.8) is 0 Å². The van der Waals surface area contributed by atoms with Crippen LogP contribution in [0.1, 0.15) is 5.56 Å². The molecule has 0 saturated carbocycles. The second-order valence-corrected chi connectivity index (χ2v) is 5.93. The number of hydrogen-bond donors (Lipinski definition) is 1. The van der Waals surface area contributed by atoms with Gasteiger partial charge in [-0.1, -0.05) is 34.8 Å². The fourth-order valence-corrected chi connectivity index (χ4v) is 2.91. The molecule has 0 bridgehead atoms. The van der Waals surface area contributed by atoms with E-state index in [1.807, 2.05) is 29.6 Å². The van der Waals surface area contributed by atoms with E-state index < -0.39 is 11.8 Å². The Morgan fingerprint density at radius 3 is 2.67 bits per heavy atom. The zero-order valence-corrected chi connectivity index (χ0v) is 14.1. The molecule has 2 aromatic rings. The van der Waals surface area contributed by atoms with Crippen LogP contribution in [-0.2, 0) is 9.59 Å². The molecule has 120 valence electrons. The van der Waals surface area contributed by atoms with Gasteiger partial charge in [-0.2, -0.15) is 0 Å². The Kier molecular flexibility index (Phi) is 4.59. The lowest BCUT2D eigenvalue weighted by molar-refractivity contribution is -0.128. The Bertz CT molecular complexity index is 841. The van der Waals surface area contributed by atoms with Crippen LogP contribution in [0, 0.1) is 0 Å². The van der Waals surface area contributed by atoms with Gasteiger partial charge in [-0.05, 0) is 35.4 Å².